The maximum Gasteiger partial charge on any atom is 0.264 e. The van der Waals surface area contributed by atoms with E-state index in [2.05, 4.69) is 5.32 Å². The number of carbonyl (C=O) groups excluding carboxylic acids is 2. The molecule has 0 radical (unpaired) electrons. The predicted molar refractivity (Wildman–Crippen MR) is 163 cm³/mol. The Labute approximate surface area is 252 Å². The molecule has 226 valence electrons. The number of halogens is 2. The van der Waals surface area contributed by atoms with Crippen LogP contribution in [0, 0.1) is 5.82 Å². The summed E-state index contributed by atoms with van der Waals surface area (Å²) >= 11 is 6.42. The minimum Gasteiger partial charge on any atom is -0.494 e. The molecule has 0 unspecified atom stereocenters. The third-order valence-corrected chi connectivity index (χ3v) is 8.96. The molecule has 2 atom stereocenters. The number of nitrogens with one attached hydrogen (secondary N) is 1. The number of hydrogen-bond acceptors (Lipinski definition) is 5. The monoisotopic (exact) mass is 617 g/mol. The van der Waals surface area contributed by atoms with Crippen LogP contribution in [0.25, 0.3) is 0 Å². The Morgan fingerprint density at radius 2 is 1.60 bits per heavy atom. The smallest absolute Gasteiger partial charge is 0.264 e. The Morgan fingerprint density at radius 3 is 2.17 bits per heavy atom. The highest BCUT2D eigenvalue weighted by Gasteiger charge is 2.34. The van der Waals surface area contributed by atoms with Crippen LogP contribution >= 0.6 is 11.6 Å². The highest BCUT2D eigenvalue weighted by Crippen LogP contribution is 2.27. The van der Waals surface area contributed by atoms with E-state index in [-0.39, 0.29) is 35.5 Å². The van der Waals surface area contributed by atoms with Gasteiger partial charge in [0.1, 0.15) is 24.2 Å². The standard InChI is InChI=1S/C31H37ClFN3O5S/c1-5-22(4)34-31(38)29(6-2)35(20-23-10-8-9-11-28(23)32)30(37)21-36(25-14-12-24(33)13-15-25)42(39,40)27-18-16-26(17-19-27)41-7-3/h8-19,22,29H,5-7,20-21H2,1-4H3,(H,34,38)/t22-,29+/m0/s1. The fourth-order valence-electron chi connectivity index (χ4n) is 4.31. The second-order valence-electron chi connectivity index (χ2n) is 9.75. The summed E-state index contributed by atoms with van der Waals surface area (Å²) in [5.74, 6) is -1.05. The van der Waals surface area contributed by atoms with Gasteiger partial charge in [-0.05, 0) is 86.8 Å². The van der Waals surface area contributed by atoms with Gasteiger partial charge < -0.3 is 15.0 Å². The maximum absolute atomic E-state index is 14.1. The molecular formula is C31H37ClFN3O5S. The molecule has 42 heavy (non-hydrogen) atoms. The molecule has 3 aromatic rings. The lowest BCUT2D eigenvalue weighted by Gasteiger charge is -2.34. The van der Waals surface area contributed by atoms with Gasteiger partial charge in [-0.15, -0.1) is 0 Å². The molecule has 0 saturated carbocycles. The van der Waals surface area contributed by atoms with Crippen LogP contribution in [-0.2, 0) is 26.2 Å². The van der Waals surface area contributed by atoms with Gasteiger partial charge in [-0.3, -0.25) is 13.9 Å². The minimum atomic E-state index is -4.30. The lowest BCUT2D eigenvalue weighted by molar-refractivity contribution is -0.140. The summed E-state index contributed by atoms with van der Waals surface area (Å²) in [6.07, 6.45) is 0.972. The quantitative estimate of drug-likeness (QED) is 0.247. The Kier molecular flexibility index (Phi) is 11.8. The molecule has 2 amide bonds. The lowest BCUT2D eigenvalue weighted by atomic mass is 10.1. The van der Waals surface area contributed by atoms with Crippen molar-refractivity contribution in [3.05, 3.63) is 89.2 Å². The Morgan fingerprint density at radius 1 is 0.952 bits per heavy atom. The Balaban J connectivity index is 2.06. The van der Waals surface area contributed by atoms with Gasteiger partial charge in [0.05, 0.1) is 17.2 Å². The normalized spacial score (nSPS) is 12.7. The highest BCUT2D eigenvalue weighted by molar-refractivity contribution is 7.92. The Bertz CT molecular complexity index is 1450. The van der Waals surface area contributed by atoms with E-state index in [1.54, 1.807) is 31.2 Å². The van der Waals surface area contributed by atoms with Crippen molar-refractivity contribution >= 4 is 39.1 Å². The number of anilines is 1. The topological polar surface area (TPSA) is 96.0 Å². The summed E-state index contributed by atoms with van der Waals surface area (Å²) in [4.78, 5) is 28.7. The average molecular weight is 618 g/mol. The third kappa shape index (κ3) is 8.23. The second-order valence-corrected chi connectivity index (χ2v) is 12.0. The first kappa shape index (κ1) is 32.9. The summed E-state index contributed by atoms with van der Waals surface area (Å²) < 4.78 is 48.0. The van der Waals surface area contributed by atoms with Crippen molar-refractivity contribution < 1.29 is 27.1 Å². The van der Waals surface area contributed by atoms with Gasteiger partial charge in [0.25, 0.3) is 10.0 Å². The molecule has 0 aliphatic rings. The van der Waals surface area contributed by atoms with Gasteiger partial charge >= 0.3 is 0 Å². The van der Waals surface area contributed by atoms with Crippen LogP contribution in [0.15, 0.2) is 77.7 Å². The van der Waals surface area contributed by atoms with Gasteiger partial charge in [-0.2, -0.15) is 0 Å². The number of amides is 2. The van der Waals surface area contributed by atoms with E-state index in [1.807, 2.05) is 20.8 Å². The number of sulfonamides is 1. The largest absolute Gasteiger partial charge is 0.494 e. The zero-order valence-electron chi connectivity index (χ0n) is 24.2. The van der Waals surface area contributed by atoms with Crippen molar-refractivity contribution in [1.82, 2.24) is 10.2 Å². The molecule has 0 aliphatic heterocycles. The minimum absolute atomic E-state index is 0.0225. The van der Waals surface area contributed by atoms with Gasteiger partial charge in [0.2, 0.25) is 11.8 Å². The molecule has 0 fully saturated rings. The molecule has 3 aromatic carbocycles. The highest BCUT2D eigenvalue weighted by atomic mass is 35.5. The number of ether oxygens (including phenoxy) is 1. The number of hydrogen-bond donors (Lipinski definition) is 1. The summed E-state index contributed by atoms with van der Waals surface area (Å²) in [6.45, 7) is 7.14. The molecule has 0 spiro atoms. The first-order chi connectivity index (χ1) is 20.0. The van der Waals surface area contributed by atoms with Gasteiger partial charge in [0.15, 0.2) is 0 Å². The van der Waals surface area contributed by atoms with E-state index < -0.39 is 34.3 Å². The van der Waals surface area contributed by atoms with Gasteiger partial charge in [0, 0.05) is 17.6 Å². The lowest BCUT2D eigenvalue weighted by Crippen LogP contribution is -2.53. The second kappa shape index (κ2) is 15.0. The van der Waals surface area contributed by atoms with Crippen LogP contribution in [0.2, 0.25) is 5.02 Å². The van der Waals surface area contributed by atoms with Crippen LogP contribution in [0.5, 0.6) is 5.75 Å². The number of rotatable bonds is 14. The Hall–Kier alpha value is -3.63. The van der Waals surface area contributed by atoms with Crippen LogP contribution in [0.3, 0.4) is 0 Å². The predicted octanol–water partition coefficient (Wildman–Crippen LogP) is 5.80. The first-order valence-electron chi connectivity index (χ1n) is 13.9. The SMILES string of the molecule is CCOc1ccc(S(=O)(=O)N(CC(=O)N(Cc2ccccc2Cl)[C@H](CC)C(=O)N[C@@H](C)CC)c2ccc(F)cc2)cc1. The van der Waals surface area contributed by atoms with Crippen molar-refractivity contribution in [2.24, 2.45) is 0 Å². The third-order valence-electron chi connectivity index (χ3n) is 6.80. The number of carbonyl (C=O) groups is 2. The van der Waals surface area contributed by atoms with E-state index in [9.17, 15) is 22.4 Å². The zero-order chi connectivity index (χ0) is 30.9. The zero-order valence-corrected chi connectivity index (χ0v) is 25.8. The van der Waals surface area contributed by atoms with Crippen LogP contribution in [0.1, 0.15) is 46.1 Å². The number of benzene rings is 3. The molecule has 1 N–H and O–H groups in total. The molecule has 0 aromatic heterocycles. The van der Waals surface area contributed by atoms with E-state index >= 15 is 0 Å². The molecular weight excluding hydrogens is 581 g/mol. The van der Waals surface area contributed by atoms with E-state index in [4.69, 9.17) is 16.3 Å². The van der Waals surface area contributed by atoms with Crippen LogP contribution < -0.4 is 14.4 Å². The summed E-state index contributed by atoms with van der Waals surface area (Å²) in [5.41, 5.74) is 0.693. The van der Waals surface area contributed by atoms with E-state index in [0.717, 1.165) is 16.4 Å². The molecule has 0 saturated heterocycles. The van der Waals surface area contributed by atoms with Crippen molar-refractivity contribution in [2.45, 2.75) is 64.1 Å². The maximum atomic E-state index is 14.1. The van der Waals surface area contributed by atoms with Crippen molar-refractivity contribution in [2.75, 3.05) is 17.5 Å². The molecule has 8 nitrogen and oxygen atoms in total. The fourth-order valence-corrected chi connectivity index (χ4v) is 5.92. The number of nitrogens with zero attached hydrogens (tertiary/aromatic N) is 2. The van der Waals surface area contributed by atoms with Crippen molar-refractivity contribution in [3.8, 4) is 5.75 Å². The van der Waals surface area contributed by atoms with Gasteiger partial charge in [-0.25, -0.2) is 12.8 Å². The molecule has 3 rings (SSSR count). The molecule has 0 aliphatic carbocycles. The van der Waals surface area contributed by atoms with Crippen molar-refractivity contribution in [1.29, 1.82) is 0 Å². The molecule has 0 heterocycles. The molecule has 11 heteroatoms. The summed E-state index contributed by atoms with van der Waals surface area (Å²) in [6, 6.07) is 16.6. The van der Waals surface area contributed by atoms with Crippen molar-refractivity contribution in [3.63, 3.8) is 0 Å². The average Bonchev–Trinajstić information content (AvgIpc) is 2.97. The van der Waals surface area contributed by atoms with Crippen LogP contribution in [-0.4, -0.2) is 50.4 Å². The van der Waals surface area contributed by atoms with Crippen LogP contribution in [0.4, 0.5) is 10.1 Å². The summed E-state index contributed by atoms with van der Waals surface area (Å²) in [5, 5.41) is 3.34. The van der Waals surface area contributed by atoms with Gasteiger partial charge in [-0.1, -0.05) is 43.6 Å². The first-order valence-corrected chi connectivity index (χ1v) is 15.7. The molecule has 0 bridgehead atoms. The fraction of sp³-hybridized carbons (Fsp3) is 0.355. The van der Waals surface area contributed by atoms with E-state index in [0.29, 0.717) is 29.4 Å². The van der Waals surface area contributed by atoms with E-state index in [1.165, 1.54) is 41.3 Å². The summed E-state index contributed by atoms with van der Waals surface area (Å²) in [7, 11) is -4.30.